The molecule has 0 unspecified atom stereocenters. The van der Waals surface area contributed by atoms with Gasteiger partial charge in [-0.1, -0.05) is 54.4 Å². The first-order valence-electron chi connectivity index (χ1n) is 8.98. The van der Waals surface area contributed by atoms with E-state index in [1.165, 1.54) is 11.1 Å². The quantitative estimate of drug-likeness (QED) is 0.538. The fraction of sp³-hybridized carbons (Fsp3) is 0.227. The maximum atomic E-state index is 10.6. The highest BCUT2D eigenvalue weighted by atomic mass is 16.3. The standard InChI is InChI=1S/C22H23N3O/c1-4-8-25-12-18-19(22(25)26)20(23)17-7-5-6-16(21(17)24-18)15-10-13(2)9-14(3)11-15/h5-7,9-12,26H,4,8,23H2,1-3H3. The summed E-state index contributed by atoms with van der Waals surface area (Å²) in [5.74, 6) is 0.200. The Bertz CT molecular complexity index is 1120. The monoisotopic (exact) mass is 345 g/mol. The van der Waals surface area contributed by atoms with Gasteiger partial charge in [0.2, 0.25) is 5.88 Å². The molecule has 4 nitrogen and oxygen atoms in total. The summed E-state index contributed by atoms with van der Waals surface area (Å²) in [7, 11) is 0. The van der Waals surface area contributed by atoms with Crippen molar-refractivity contribution in [3.63, 3.8) is 0 Å². The van der Waals surface area contributed by atoms with Crippen LogP contribution >= 0.6 is 0 Å². The summed E-state index contributed by atoms with van der Waals surface area (Å²) in [4.78, 5) is 4.88. The molecule has 0 atom stereocenters. The van der Waals surface area contributed by atoms with Gasteiger partial charge >= 0.3 is 0 Å². The van der Waals surface area contributed by atoms with Gasteiger partial charge in [0, 0.05) is 23.7 Å². The van der Waals surface area contributed by atoms with Crippen LogP contribution in [0.2, 0.25) is 0 Å². The molecule has 4 heteroatoms. The molecule has 0 spiro atoms. The van der Waals surface area contributed by atoms with Crippen LogP contribution in [0.25, 0.3) is 32.9 Å². The van der Waals surface area contributed by atoms with E-state index in [2.05, 4.69) is 45.0 Å². The van der Waals surface area contributed by atoms with E-state index in [0.29, 0.717) is 11.1 Å². The second-order valence-electron chi connectivity index (χ2n) is 7.01. The van der Waals surface area contributed by atoms with E-state index in [0.717, 1.165) is 40.5 Å². The summed E-state index contributed by atoms with van der Waals surface area (Å²) in [5, 5.41) is 12.1. The number of para-hydroxylation sites is 1. The van der Waals surface area contributed by atoms with Crippen LogP contribution < -0.4 is 5.73 Å². The fourth-order valence-corrected chi connectivity index (χ4v) is 3.79. The van der Waals surface area contributed by atoms with Gasteiger partial charge in [0.1, 0.15) is 0 Å². The second kappa shape index (κ2) is 6.06. The summed E-state index contributed by atoms with van der Waals surface area (Å²) < 4.78 is 1.82. The summed E-state index contributed by atoms with van der Waals surface area (Å²) in [5.41, 5.74) is 13.3. The number of pyridine rings is 1. The Hall–Kier alpha value is -3.01. The van der Waals surface area contributed by atoms with Crippen molar-refractivity contribution >= 4 is 27.5 Å². The molecule has 2 aromatic carbocycles. The molecule has 0 aliphatic carbocycles. The first-order chi connectivity index (χ1) is 12.5. The fourth-order valence-electron chi connectivity index (χ4n) is 3.79. The van der Waals surface area contributed by atoms with E-state index >= 15 is 0 Å². The van der Waals surface area contributed by atoms with Gasteiger partial charge in [-0.3, -0.25) is 0 Å². The van der Waals surface area contributed by atoms with Crippen LogP contribution in [0.5, 0.6) is 5.88 Å². The normalized spacial score (nSPS) is 11.5. The molecule has 0 saturated carbocycles. The zero-order valence-corrected chi connectivity index (χ0v) is 15.4. The molecule has 0 bridgehead atoms. The Morgan fingerprint density at radius 3 is 2.54 bits per heavy atom. The smallest absolute Gasteiger partial charge is 0.202 e. The zero-order valence-electron chi connectivity index (χ0n) is 15.4. The lowest BCUT2D eigenvalue weighted by Crippen LogP contribution is -1.94. The van der Waals surface area contributed by atoms with Crippen molar-refractivity contribution in [2.75, 3.05) is 5.73 Å². The number of aryl methyl sites for hydroxylation is 3. The second-order valence-corrected chi connectivity index (χ2v) is 7.01. The number of benzene rings is 2. The van der Waals surface area contributed by atoms with Crippen molar-refractivity contribution in [1.29, 1.82) is 0 Å². The number of aromatic nitrogens is 2. The van der Waals surface area contributed by atoms with Crippen LogP contribution in [-0.2, 0) is 6.54 Å². The van der Waals surface area contributed by atoms with Crippen molar-refractivity contribution in [2.24, 2.45) is 0 Å². The van der Waals surface area contributed by atoms with Gasteiger partial charge in [0.25, 0.3) is 0 Å². The minimum Gasteiger partial charge on any atom is -0.494 e. The molecular weight excluding hydrogens is 322 g/mol. The van der Waals surface area contributed by atoms with Crippen molar-refractivity contribution in [2.45, 2.75) is 33.7 Å². The molecule has 4 rings (SSSR count). The van der Waals surface area contributed by atoms with Gasteiger partial charge in [-0.2, -0.15) is 0 Å². The molecule has 2 heterocycles. The van der Waals surface area contributed by atoms with E-state index in [1.54, 1.807) is 0 Å². The van der Waals surface area contributed by atoms with E-state index in [4.69, 9.17) is 10.7 Å². The van der Waals surface area contributed by atoms with Crippen molar-refractivity contribution in [3.05, 3.63) is 53.7 Å². The highest BCUT2D eigenvalue weighted by Gasteiger charge is 2.17. The molecule has 2 aromatic heterocycles. The van der Waals surface area contributed by atoms with Gasteiger partial charge in [-0.05, 0) is 25.8 Å². The summed E-state index contributed by atoms with van der Waals surface area (Å²) in [6, 6.07) is 12.6. The Balaban J connectivity index is 2.06. The number of fused-ring (bicyclic) bond motifs is 2. The average Bonchev–Trinajstić information content (AvgIpc) is 2.90. The molecule has 0 radical (unpaired) electrons. The van der Waals surface area contributed by atoms with Crippen LogP contribution in [0.4, 0.5) is 5.69 Å². The van der Waals surface area contributed by atoms with Crippen molar-refractivity contribution in [1.82, 2.24) is 9.55 Å². The first-order valence-corrected chi connectivity index (χ1v) is 8.98. The predicted octanol–water partition coefficient (Wildman–Crippen LogP) is 5.17. The minimum atomic E-state index is 0.200. The number of nitrogens with zero attached hydrogens (tertiary/aromatic N) is 2. The van der Waals surface area contributed by atoms with Gasteiger partial charge < -0.3 is 15.4 Å². The first kappa shape index (κ1) is 16.5. The summed E-state index contributed by atoms with van der Waals surface area (Å²) in [6.07, 6.45) is 2.82. The molecule has 0 saturated heterocycles. The van der Waals surface area contributed by atoms with Gasteiger partial charge in [0.05, 0.1) is 22.1 Å². The molecule has 3 N–H and O–H groups in total. The van der Waals surface area contributed by atoms with Crippen molar-refractivity contribution in [3.8, 4) is 17.0 Å². The number of hydrogen-bond acceptors (Lipinski definition) is 3. The van der Waals surface area contributed by atoms with Crippen LogP contribution in [0.15, 0.2) is 42.6 Å². The van der Waals surface area contributed by atoms with Gasteiger partial charge in [-0.25, -0.2) is 4.98 Å². The van der Waals surface area contributed by atoms with E-state index in [-0.39, 0.29) is 5.88 Å². The maximum absolute atomic E-state index is 10.6. The topological polar surface area (TPSA) is 64.1 Å². The Morgan fingerprint density at radius 2 is 1.85 bits per heavy atom. The van der Waals surface area contributed by atoms with E-state index < -0.39 is 0 Å². The third kappa shape index (κ3) is 2.49. The lowest BCUT2D eigenvalue weighted by atomic mass is 9.97. The molecule has 0 aliphatic rings. The highest BCUT2D eigenvalue weighted by molar-refractivity contribution is 6.12. The lowest BCUT2D eigenvalue weighted by Gasteiger charge is -2.11. The Labute approximate surface area is 152 Å². The number of nitrogen functional groups attached to an aromatic ring is 1. The SMILES string of the molecule is CCCn1cc2nc3c(-c4cc(C)cc(C)c4)cccc3c(N)c2c1O. The number of rotatable bonds is 3. The van der Waals surface area contributed by atoms with Crippen LogP contribution in [-0.4, -0.2) is 14.7 Å². The molecule has 0 fully saturated rings. The Kier molecular flexibility index (Phi) is 3.83. The van der Waals surface area contributed by atoms with Gasteiger partial charge in [0.15, 0.2) is 0 Å². The van der Waals surface area contributed by atoms with Crippen LogP contribution in [0.3, 0.4) is 0 Å². The van der Waals surface area contributed by atoms with Crippen LogP contribution in [0.1, 0.15) is 24.5 Å². The largest absolute Gasteiger partial charge is 0.494 e. The molecule has 132 valence electrons. The minimum absolute atomic E-state index is 0.200. The molecule has 0 aliphatic heterocycles. The molecule has 0 amide bonds. The summed E-state index contributed by atoms with van der Waals surface area (Å²) >= 11 is 0. The molecule has 4 aromatic rings. The highest BCUT2D eigenvalue weighted by Crippen LogP contribution is 2.39. The molecular formula is C22H23N3O. The van der Waals surface area contributed by atoms with E-state index in [1.807, 2.05) is 22.9 Å². The maximum Gasteiger partial charge on any atom is 0.202 e. The number of nitrogens with two attached hydrogens (primary N) is 1. The van der Waals surface area contributed by atoms with Crippen LogP contribution in [0, 0.1) is 13.8 Å². The van der Waals surface area contributed by atoms with Crippen molar-refractivity contribution < 1.29 is 5.11 Å². The number of hydrogen-bond donors (Lipinski definition) is 2. The molecule has 26 heavy (non-hydrogen) atoms. The number of anilines is 1. The summed E-state index contributed by atoms with van der Waals surface area (Å²) in [6.45, 7) is 7.02. The predicted molar refractivity (Wildman–Crippen MR) is 109 cm³/mol. The van der Waals surface area contributed by atoms with E-state index in [9.17, 15) is 5.11 Å². The van der Waals surface area contributed by atoms with Gasteiger partial charge in [-0.15, -0.1) is 0 Å². The third-order valence-electron chi connectivity index (χ3n) is 4.85. The Morgan fingerprint density at radius 1 is 1.12 bits per heavy atom. The average molecular weight is 345 g/mol. The third-order valence-corrected chi connectivity index (χ3v) is 4.85. The number of aromatic hydroxyl groups is 1. The zero-order chi connectivity index (χ0) is 18.4. The lowest BCUT2D eigenvalue weighted by molar-refractivity contribution is 0.421.